The topological polar surface area (TPSA) is 52.0 Å². The van der Waals surface area contributed by atoms with E-state index in [4.69, 9.17) is 16.3 Å². The molecule has 0 aliphatic heterocycles. The molecule has 0 fully saturated rings. The highest BCUT2D eigenvalue weighted by Crippen LogP contribution is 2.30. The molecule has 102 valence electrons. The van der Waals surface area contributed by atoms with E-state index in [-0.39, 0.29) is 0 Å². The summed E-state index contributed by atoms with van der Waals surface area (Å²) in [6.07, 6.45) is 3.49. The highest BCUT2D eigenvalue weighted by atomic mass is 35.5. The molecule has 0 radical (unpaired) electrons. The smallest absolute Gasteiger partial charge is 0.145 e. The first-order valence-corrected chi connectivity index (χ1v) is 6.43. The summed E-state index contributed by atoms with van der Waals surface area (Å²) in [5.41, 5.74) is 1.72. The maximum absolute atomic E-state index is 6.12. The number of ether oxygens (including phenoxy) is 1. The summed E-state index contributed by atoms with van der Waals surface area (Å²) in [6.45, 7) is 0. The molecule has 1 N–H and O–H groups in total. The fraction of sp³-hybridized carbons (Fsp3) is 0.143. The molecule has 3 rings (SSSR count). The van der Waals surface area contributed by atoms with Gasteiger partial charge in [0.05, 0.1) is 17.5 Å². The predicted octanol–water partition coefficient (Wildman–Crippen LogP) is 3.37. The zero-order valence-electron chi connectivity index (χ0n) is 11.1. The summed E-state index contributed by atoms with van der Waals surface area (Å²) in [7, 11) is 3.54. The molecule has 6 heteroatoms. The maximum atomic E-state index is 6.12. The van der Waals surface area contributed by atoms with Gasteiger partial charge in [0.1, 0.15) is 23.5 Å². The third-order valence-corrected chi connectivity index (χ3v) is 3.37. The van der Waals surface area contributed by atoms with Gasteiger partial charge in [0.15, 0.2) is 0 Å². The van der Waals surface area contributed by atoms with Crippen LogP contribution in [0.3, 0.4) is 0 Å². The van der Waals surface area contributed by atoms with E-state index in [9.17, 15) is 0 Å². The quantitative estimate of drug-likeness (QED) is 0.803. The number of hydrogen-bond acceptors (Lipinski definition) is 4. The van der Waals surface area contributed by atoms with Gasteiger partial charge in [0.25, 0.3) is 0 Å². The van der Waals surface area contributed by atoms with Crippen molar-refractivity contribution >= 4 is 34.1 Å². The molecule has 0 spiro atoms. The average Bonchev–Trinajstić information content (AvgIpc) is 2.82. The van der Waals surface area contributed by atoms with Crippen molar-refractivity contribution < 1.29 is 4.74 Å². The number of halogens is 1. The zero-order chi connectivity index (χ0) is 14.1. The normalized spacial score (nSPS) is 10.8. The molecule has 2 heterocycles. The fourth-order valence-corrected chi connectivity index (χ4v) is 2.32. The Morgan fingerprint density at radius 1 is 1.25 bits per heavy atom. The van der Waals surface area contributed by atoms with Gasteiger partial charge in [-0.05, 0) is 24.3 Å². The van der Waals surface area contributed by atoms with Crippen molar-refractivity contribution in [2.75, 3.05) is 12.4 Å². The molecule has 2 aromatic heterocycles. The van der Waals surface area contributed by atoms with Gasteiger partial charge < -0.3 is 14.6 Å². The Morgan fingerprint density at radius 2 is 2.10 bits per heavy atom. The molecule has 0 aliphatic carbocycles. The van der Waals surface area contributed by atoms with Gasteiger partial charge in [0.2, 0.25) is 0 Å². The molecule has 1 aromatic carbocycles. The molecule has 20 heavy (non-hydrogen) atoms. The van der Waals surface area contributed by atoms with Crippen molar-refractivity contribution in [3.63, 3.8) is 0 Å². The molecule has 0 unspecified atom stereocenters. The van der Waals surface area contributed by atoms with Crippen LogP contribution in [0.5, 0.6) is 5.75 Å². The number of nitrogens with zero attached hydrogens (tertiary/aromatic N) is 3. The van der Waals surface area contributed by atoms with E-state index < -0.39 is 0 Å². The summed E-state index contributed by atoms with van der Waals surface area (Å²) < 4.78 is 7.08. The number of aromatic nitrogens is 3. The number of hydrogen-bond donors (Lipinski definition) is 1. The number of benzene rings is 1. The van der Waals surface area contributed by atoms with Crippen LogP contribution in [0.25, 0.3) is 11.0 Å². The van der Waals surface area contributed by atoms with E-state index >= 15 is 0 Å². The third-order valence-electron chi connectivity index (χ3n) is 3.08. The van der Waals surface area contributed by atoms with Crippen molar-refractivity contribution in [2.45, 2.75) is 0 Å². The summed E-state index contributed by atoms with van der Waals surface area (Å²) in [5, 5.41) is 4.76. The lowest BCUT2D eigenvalue weighted by Gasteiger charge is -2.09. The lowest BCUT2D eigenvalue weighted by molar-refractivity contribution is 0.415. The van der Waals surface area contributed by atoms with Crippen molar-refractivity contribution in [3.8, 4) is 5.75 Å². The Balaban J connectivity index is 1.99. The Morgan fingerprint density at radius 3 is 2.85 bits per heavy atom. The molecular weight excluding hydrogens is 276 g/mol. The third kappa shape index (κ3) is 2.16. The molecule has 3 aromatic rings. The molecular formula is C14H13ClN4O. The van der Waals surface area contributed by atoms with Crippen LogP contribution in [0.15, 0.2) is 36.8 Å². The summed E-state index contributed by atoms with van der Waals surface area (Å²) in [5.74, 6) is 1.39. The van der Waals surface area contributed by atoms with Crippen LogP contribution in [0, 0.1) is 0 Å². The van der Waals surface area contributed by atoms with Crippen molar-refractivity contribution in [1.29, 1.82) is 0 Å². The van der Waals surface area contributed by atoms with E-state index in [1.165, 1.54) is 6.33 Å². The standard InChI is InChI=1S/C14H13ClN4O/c1-19-6-5-10-13(16-8-17-14(10)19)18-9-3-4-12(20-2)11(15)7-9/h3-8H,1-2H3,(H,16,17,18). The number of methoxy groups -OCH3 is 1. The molecule has 0 aliphatic rings. The number of aryl methyl sites for hydroxylation is 1. The second-order valence-corrected chi connectivity index (χ2v) is 4.77. The molecule has 0 bridgehead atoms. The lowest BCUT2D eigenvalue weighted by Crippen LogP contribution is -1.97. The van der Waals surface area contributed by atoms with Gasteiger partial charge in [-0.2, -0.15) is 0 Å². The average molecular weight is 289 g/mol. The Bertz CT molecular complexity index is 769. The van der Waals surface area contributed by atoms with Crippen LogP contribution in [0.1, 0.15) is 0 Å². The fourth-order valence-electron chi connectivity index (χ4n) is 2.06. The van der Waals surface area contributed by atoms with Gasteiger partial charge >= 0.3 is 0 Å². The van der Waals surface area contributed by atoms with Crippen LogP contribution in [-0.2, 0) is 7.05 Å². The van der Waals surface area contributed by atoms with Crippen molar-refractivity contribution in [2.24, 2.45) is 7.05 Å². The largest absolute Gasteiger partial charge is 0.495 e. The van der Waals surface area contributed by atoms with E-state index in [1.807, 2.05) is 36.0 Å². The predicted molar refractivity (Wildman–Crippen MR) is 79.8 cm³/mol. The number of fused-ring (bicyclic) bond motifs is 1. The highest BCUT2D eigenvalue weighted by molar-refractivity contribution is 6.32. The van der Waals surface area contributed by atoms with Crippen LogP contribution in [-0.4, -0.2) is 21.6 Å². The van der Waals surface area contributed by atoms with E-state index in [1.54, 1.807) is 13.2 Å². The van der Waals surface area contributed by atoms with Crippen molar-refractivity contribution in [1.82, 2.24) is 14.5 Å². The summed E-state index contributed by atoms with van der Waals surface area (Å²) in [4.78, 5) is 8.53. The van der Waals surface area contributed by atoms with Crippen molar-refractivity contribution in [3.05, 3.63) is 41.8 Å². The zero-order valence-corrected chi connectivity index (χ0v) is 11.8. The van der Waals surface area contributed by atoms with E-state index in [0.717, 1.165) is 22.5 Å². The highest BCUT2D eigenvalue weighted by Gasteiger charge is 2.08. The number of anilines is 2. The lowest BCUT2D eigenvalue weighted by atomic mass is 10.3. The van der Waals surface area contributed by atoms with Gasteiger partial charge in [0, 0.05) is 18.9 Å². The first kappa shape index (κ1) is 12.7. The van der Waals surface area contributed by atoms with Gasteiger partial charge in [-0.1, -0.05) is 11.6 Å². The number of nitrogens with one attached hydrogen (secondary N) is 1. The molecule has 5 nitrogen and oxygen atoms in total. The summed E-state index contributed by atoms with van der Waals surface area (Å²) in [6, 6.07) is 7.48. The van der Waals surface area contributed by atoms with Crippen LogP contribution < -0.4 is 10.1 Å². The maximum Gasteiger partial charge on any atom is 0.145 e. The van der Waals surface area contributed by atoms with Crippen LogP contribution in [0.4, 0.5) is 11.5 Å². The van der Waals surface area contributed by atoms with Gasteiger partial charge in [-0.3, -0.25) is 0 Å². The van der Waals surface area contributed by atoms with Gasteiger partial charge in [-0.25, -0.2) is 9.97 Å². The first-order valence-electron chi connectivity index (χ1n) is 6.05. The first-order chi connectivity index (χ1) is 9.69. The monoisotopic (exact) mass is 288 g/mol. The minimum Gasteiger partial charge on any atom is -0.495 e. The van der Waals surface area contributed by atoms with Crippen LogP contribution in [0.2, 0.25) is 5.02 Å². The van der Waals surface area contributed by atoms with E-state index in [2.05, 4.69) is 15.3 Å². The van der Waals surface area contributed by atoms with E-state index in [0.29, 0.717) is 10.8 Å². The number of rotatable bonds is 3. The summed E-state index contributed by atoms with van der Waals surface area (Å²) >= 11 is 6.12. The molecule has 0 amide bonds. The Kier molecular flexibility index (Phi) is 3.20. The Labute approximate surface area is 121 Å². The van der Waals surface area contributed by atoms with Crippen LogP contribution >= 0.6 is 11.6 Å². The second kappa shape index (κ2) is 5.02. The molecule has 0 saturated heterocycles. The minimum atomic E-state index is 0.552. The molecule has 0 saturated carbocycles. The second-order valence-electron chi connectivity index (χ2n) is 4.36. The SMILES string of the molecule is COc1ccc(Nc2ncnc3c2ccn3C)cc1Cl. The Hall–Kier alpha value is -2.27. The van der Waals surface area contributed by atoms with Gasteiger partial charge in [-0.15, -0.1) is 0 Å². The minimum absolute atomic E-state index is 0.552. The molecule has 0 atom stereocenters.